The predicted molar refractivity (Wildman–Crippen MR) is 104 cm³/mol. The minimum atomic E-state index is -0.466. The van der Waals surface area contributed by atoms with Gasteiger partial charge in [-0.3, -0.25) is 9.69 Å². The summed E-state index contributed by atoms with van der Waals surface area (Å²) in [7, 11) is 1.68. The Morgan fingerprint density at radius 1 is 1.08 bits per heavy atom. The van der Waals surface area contributed by atoms with Crippen LogP contribution in [0.1, 0.15) is 11.6 Å². The van der Waals surface area contributed by atoms with Gasteiger partial charge in [0.2, 0.25) is 0 Å². The van der Waals surface area contributed by atoms with Crippen LogP contribution in [0, 0.1) is 0 Å². The Labute approximate surface area is 164 Å². The van der Waals surface area contributed by atoms with Crippen molar-refractivity contribution in [2.75, 3.05) is 18.5 Å². The molecule has 132 valence electrons. The summed E-state index contributed by atoms with van der Waals surface area (Å²) in [4.78, 5) is 28.8. The number of hydrogen-bond acceptors (Lipinski definition) is 2. The maximum atomic E-state index is 13.2. The summed E-state index contributed by atoms with van der Waals surface area (Å²) in [6, 6.07) is 14.0. The van der Waals surface area contributed by atoms with Crippen molar-refractivity contribution < 1.29 is 9.59 Å². The first kappa shape index (κ1) is 17.1. The number of carbonyl (C=O) groups excluding carboxylic acids is 2. The van der Waals surface area contributed by atoms with E-state index in [0.717, 1.165) is 21.4 Å². The highest BCUT2D eigenvalue weighted by Crippen LogP contribution is 2.37. The van der Waals surface area contributed by atoms with E-state index in [1.54, 1.807) is 24.1 Å². The van der Waals surface area contributed by atoms with Crippen LogP contribution in [-0.2, 0) is 4.79 Å². The monoisotopic (exact) mass is 431 g/mol. The van der Waals surface area contributed by atoms with Gasteiger partial charge in [-0.2, -0.15) is 0 Å². The van der Waals surface area contributed by atoms with Gasteiger partial charge in [-0.05, 0) is 42.0 Å². The highest BCUT2D eigenvalue weighted by Gasteiger charge is 2.43. The van der Waals surface area contributed by atoms with Crippen molar-refractivity contribution in [1.82, 2.24) is 10.2 Å². The van der Waals surface area contributed by atoms with Gasteiger partial charge in [0.15, 0.2) is 0 Å². The third-order valence-corrected chi connectivity index (χ3v) is 5.48. The Bertz CT molecular complexity index is 925. The number of urea groups is 1. The SMILES string of the molecule is CN1C(=O)NC(c2ccc(Br)cc2)C2=C1CN(c1ccc(Cl)cc1)C2=O. The molecule has 2 aromatic rings. The van der Waals surface area contributed by atoms with Crippen LogP contribution in [0.15, 0.2) is 64.3 Å². The quantitative estimate of drug-likeness (QED) is 0.777. The van der Waals surface area contributed by atoms with Crippen LogP contribution in [-0.4, -0.2) is 30.4 Å². The Morgan fingerprint density at radius 2 is 1.73 bits per heavy atom. The minimum Gasteiger partial charge on any atom is -0.327 e. The van der Waals surface area contributed by atoms with Crippen LogP contribution in [0.4, 0.5) is 10.5 Å². The van der Waals surface area contributed by atoms with E-state index in [1.807, 2.05) is 36.4 Å². The predicted octanol–water partition coefficient (Wildman–Crippen LogP) is 4.10. The zero-order chi connectivity index (χ0) is 18.4. The van der Waals surface area contributed by atoms with E-state index in [2.05, 4.69) is 21.2 Å². The lowest BCUT2D eigenvalue weighted by Gasteiger charge is -2.31. The highest BCUT2D eigenvalue weighted by atomic mass is 79.9. The zero-order valence-corrected chi connectivity index (χ0v) is 16.2. The van der Waals surface area contributed by atoms with Crippen molar-refractivity contribution in [3.63, 3.8) is 0 Å². The highest BCUT2D eigenvalue weighted by molar-refractivity contribution is 9.10. The number of benzene rings is 2. The van der Waals surface area contributed by atoms with E-state index in [0.29, 0.717) is 17.1 Å². The number of anilines is 1. The Kier molecular flexibility index (Phi) is 4.25. The molecule has 1 atom stereocenters. The van der Waals surface area contributed by atoms with Gasteiger partial charge in [0.25, 0.3) is 5.91 Å². The number of halogens is 2. The number of nitrogens with zero attached hydrogens (tertiary/aromatic N) is 2. The summed E-state index contributed by atoms with van der Waals surface area (Å²) in [5.74, 6) is -0.109. The second kappa shape index (κ2) is 6.45. The van der Waals surface area contributed by atoms with E-state index in [-0.39, 0.29) is 11.9 Å². The third kappa shape index (κ3) is 2.79. The number of rotatable bonds is 2. The molecule has 0 saturated carbocycles. The summed E-state index contributed by atoms with van der Waals surface area (Å²) >= 11 is 9.37. The zero-order valence-electron chi connectivity index (χ0n) is 13.9. The first-order valence-corrected chi connectivity index (χ1v) is 9.23. The van der Waals surface area contributed by atoms with Gasteiger partial charge in [0, 0.05) is 22.2 Å². The number of amides is 3. The molecule has 0 fully saturated rings. The number of carbonyl (C=O) groups is 2. The molecule has 0 aliphatic carbocycles. The molecular weight excluding hydrogens is 418 g/mol. The lowest BCUT2D eigenvalue weighted by Crippen LogP contribution is -2.45. The number of hydrogen-bond donors (Lipinski definition) is 1. The molecule has 0 radical (unpaired) electrons. The van der Waals surface area contributed by atoms with Crippen molar-refractivity contribution in [3.8, 4) is 0 Å². The van der Waals surface area contributed by atoms with Crippen LogP contribution in [0.2, 0.25) is 5.02 Å². The van der Waals surface area contributed by atoms with E-state index in [1.165, 1.54) is 4.90 Å². The molecule has 0 aromatic heterocycles. The molecule has 2 heterocycles. The van der Waals surface area contributed by atoms with Gasteiger partial charge in [0.1, 0.15) is 0 Å². The van der Waals surface area contributed by atoms with E-state index in [4.69, 9.17) is 11.6 Å². The number of nitrogens with one attached hydrogen (secondary N) is 1. The molecule has 1 N–H and O–H groups in total. The molecule has 0 spiro atoms. The molecule has 7 heteroatoms. The maximum absolute atomic E-state index is 13.2. The van der Waals surface area contributed by atoms with Gasteiger partial charge in [0.05, 0.1) is 23.9 Å². The van der Waals surface area contributed by atoms with Gasteiger partial charge in [-0.1, -0.05) is 39.7 Å². The molecule has 26 heavy (non-hydrogen) atoms. The lowest BCUT2D eigenvalue weighted by atomic mass is 9.96. The smallest absolute Gasteiger partial charge is 0.322 e. The fourth-order valence-corrected chi connectivity index (χ4v) is 3.69. The molecular formula is C19H15BrClN3O2. The van der Waals surface area contributed by atoms with Gasteiger partial charge in [-0.25, -0.2) is 4.79 Å². The van der Waals surface area contributed by atoms with E-state index in [9.17, 15) is 9.59 Å². The van der Waals surface area contributed by atoms with Crippen LogP contribution in [0.3, 0.4) is 0 Å². The Hall–Kier alpha value is -2.31. The molecule has 1 unspecified atom stereocenters. The first-order chi connectivity index (χ1) is 12.5. The molecule has 2 aliphatic heterocycles. The largest absolute Gasteiger partial charge is 0.327 e. The van der Waals surface area contributed by atoms with Crippen LogP contribution in [0.25, 0.3) is 0 Å². The molecule has 2 aliphatic rings. The topological polar surface area (TPSA) is 52.7 Å². The van der Waals surface area contributed by atoms with E-state index >= 15 is 0 Å². The van der Waals surface area contributed by atoms with Crippen LogP contribution < -0.4 is 10.2 Å². The average molecular weight is 433 g/mol. The Balaban J connectivity index is 1.75. The molecule has 5 nitrogen and oxygen atoms in total. The van der Waals surface area contributed by atoms with Crippen LogP contribution in [0.5, 0.6) is 0 Å². The van der Waals surface area contributed by atoms with Crippen molar-refractivity contribution >= 4 is 45.2 Å². The summed E-state index contributed by atoms with van der Waals surface area (Å²) in [6.45, 7) is 0.354. The second-order valence-electron chi connectivity index (χ2n) is 6.22. The molecule has 4 rings (SSSR count). The molecule has 0 bridgehead atoms. The average Bonchev–Trinajstić information content (AvgIpc) is 2.97. The summed E-state index contributed by atoms with van der Waals surface area (Å²) in [6.07, 6.45) is 0. The fraction of sp³-hybridized carbons (Fsp3) is 0.158. The number of likely N-dealkylation sites (N-methyl/N-ethyl adjacent to an activating group) is 1. The molecule has 2 aromatic carbocycles. The van der Waals surface area contributed by atoms with Crippen molar-refractivity contribution in [2.45, 2.75) is 6.04 Å². The van der Waals surface area contributed by atoms with Gasteiger partial charge >= 0.3 is 6.03 Å². The van der Waals surface area contributed by atoms with Crippen molar-refractivity contribution in [1.29, 1.82) is 0 Å². The van der Waals surface area contributed by atoms with Crippen LogP contribution >= 0.6 is 27.5 Å². The second-order valence-corrected chi connectivity index (χ2v) is 7.57. The lowest BCUT2D eigenvalue weighted by molar-refractivity contribution is -0.114. The summed E-state index contributed by atoms with van der Waals surface area (Å²) < 4.78 is 0.940. The van der Waals surface area contributed by atoms with Crippen molar-refractivity contribution in [2.24, 2.45) is 0 Å². The maximum Gasteiger partial charge on any atom is 0.322 e. The third-order valence-electron chi connectivity index (χ3n) is 4.70. The first-order valence-electron chi connectivity index (χ1n) is 8.06. The van der Waals surface area contributed by atoms with Crippen molar-refractivity contribution in [3.05, 3.63) is 74.9 Å². The fourth-order valence-electron chi connectivity index (χ4n) is 3.30. The molecule has 0 saturated heterocycles. The Morgan fingerprint density at radius 3 is 2.38 bits per heavy atom. The summed E-state index contributed by atoms with van der Waals surface area (Å²) in [5, 5.41) is 3.54. The normalized spacial score (nSPS) is 19.7. The summed E-state index contributed by atoms with van der Waals surface area (Å²) in [5.41, 5.74) is 2.95. The standard InChI is InChI=1S/C19H15BrClN3O2/c1-23-15-10-24(14-8-6-13(21)7-9-14)18(25)16(15)17(22-19(23)26)11-2-4-12(20)5-3-11/h2-9,17H,10H2,1H3,(H,22,26). The van der Waals surface area contributed by atoms with Gasteiger partial charge in [-0.15, -0.1) is 0 Å². The van der Waals surface area contributed by atoms with E-state index < -0.39 is 6.04 Å². The van der Waals surface area contributed by atoms with Gasteiger partial charge < -0.3 is 10.2 Å². The molecule has 3 amide bonds. The minimum absolute atomic E-state index is 0.109.